The third-order valence-electron chi connectivity index (χ3n) is 3.97. The van der Waals surface area contributed by atoms with Crippen molar-refractivity contribution in [1.29, 1.82) is 0 Å². The summed E-state index contributed by atoms with van der Waals surface area (Å²) in [5.41, 5.74) is 1.41. The summed E-state index contributed by atoms with van der Waals surface area (Å²) in [6.07, 6.45) is 5.94. The second-order valence-electron chi connectivity index (χ2n) is 5.32. The molecule has 3 rings (SSSR count). The fourth-order valence-corrected chi connectivity index (χ4v) is 4.05. The van der Waals surface area contributed by atoms with Crippen molar-refractivity contribution in [2.75, 3.05) is 19.6 Å². The van der Waals surface area contributed by atoms with Crippen LogP contribution in [0.4, 0.5) is 0 Å². The lowest BCUT2D eigenvalue weighted by atomic mass is 10.1. The van der Waals surface area contributed by atoms with E-state index in [0.717, 1.165) is 43.3 Å². The van der Waals surface area contributed by atoms with Gasteiger partial charge in [-0.25, -0.2) is 0 Å². The number of carbonyl (C=O) groups excluding carboxylic acids is 1. The van der Waals surface area contributed by atoms with Crippen molar-refractivity contribution in [3.63, 3.8) is 0 Å². The second-order valence-corrected chi connectivity index (χ2v) is 6.45. The zero-order chi connectivity index (χ0) is 12.4. The molecule has 5 heteroatoms. The summed E-state index contributed by atoms with van der Waals surface area (Å²) in [5.74, 6) is 0.874. The van der Waals surface area contributed by atoms with Crippen molar-refractivity contribution < 1.29 is 4.79 Å². The van der Waals surface area contributed by atoms with E-state index in [1.165, 1.54) is 29.7 Å². The molecule has 1 aliphatic heterocycles. The van der Waals surface area contributed by atoms with E-state index in [1.54, 1.807) is 11.3 Å². The van der Waals surface area contributed by atoms with Crippen molar-refractivity contribution in [2.45, 2.75) is 32.1 Å². The Labute approximate surface area is 124 Å². The molecule has 106 valence electrons. The number of thiophene rings is 1. The van der Waals surface area contributed by atoms with E-state index in [1.807, 2.05) is 0 Å². The van der Waals surface area contributed by atoms with Gasteiger partial charge in [-0.15, -0.1) is 23.7 Å². The first kappa shape index (κ1) is 14.8. The maximum absolute atomic E-state index is 12.0. The number of halogens is 1. The SMILES string of the molecule is Cl.O=C(NCCC1CCNC1)c1cc2c(s1)CCC2. The Balaban J connectivity index is 0.00000133. The average Bonchev–Trinajstić information content (AvgIpc) is 3.04. The monoisotopic (exact) mass is 300 g/mol. The summed E-state index contributed by atoms with van der Waals surface area (Å²) in [7, 11) is 0. The van der Waals surface area contributed by atoms with Gasteiger partial charge in [0, 0.05) is 11.4 Å². The Morgan fingerprint density at radius 2 is 2.37 bits per heavy atom. The molecule has 1 amide bonds. The molecule has 0 saturated carbocycles. The molecule has 1 aromatic rings. The lowest BCUT2D eigenvalue weighted by Crippen LogP contribution is -2.25. The number of fused-ring (bicyclic) bond motifs is 1. The number of rotatable bonds is 4. The Morgan fingerprint density at radius 1 is 1.47 bits per heavy atom. The van der Waals surface area contributed by atoms with Crippen LogP contribution in [0, 0.1) is 5.92 Å². The predicted molar refractivity (Wildman–Crippen MR) is 81.5 cm³/mol. The molecule has 0 radical (unpaired) electrons. The molecule has 1 aliphatic carbocycles. The highest BCUT2D eigenvalue weighted by Crippen LogP contribution is 2.30. The molecule has 1 atom stereocenters. The van der Waals surface area contributed by atoms with Gasteiger partial charge in [0.1, 0.15) is 0 Å². The molecule has 1 aromatic heterocycles. The van der Waals surface area contributed by atoms with Crippen LogP contribution in [0.25, 0.3) is 0 Å². The lowest BCUT2D eigenvalue weighted by molar-refractivity contribution is 0.0955. The summed E-state index contributed by atoms with van der Waals surface area (Å²) in [6.45, 7) is 3.06. The summed E-state index contributed by atoms with van der Waals surface area (Å²) in [5, 5.41) is 6.42. The highest BCUT2D eigenvalue weighted by atomic mass is 35.5. The molecule has 19 heavy (non-hydrogen) atoms. The third-order valence-corrected chi connectivity index (χ3v) is 5.21. The van der Waals surface area contributed by atoms with Crippen molar-refractivity contribution in [1.82, 2.24) is 10.6 Å². The molecule has 0 bridgehead atoms. The van der Waals surface area contributed by atoms with Gasteiger partial charge >= 0.3 is 0 Å². The van der Waals surface area contributed by atoms with Crippen LogP contribution in [0.3, 0.4) is 0 Å². The van der Waals surface area contributed by atoms with Crippen LogP contribution in [0.15, 0.2) is 6.07 Å². The first-order chi connectivity index (χ1) is 8.83. The molecule has 0 aromatic carbocycles. The van der Waals surface area contributed by atoms with Gasteiger partial charge in [-0.2, -0.15) is 0 Å². The third kappa shape index (κ3) is 3.50. The van der Waals surface area contributed by atoms with E-state index in [2.05, 4.69) is 16.7 Å². The zero-order valence-corrected chi connectivity index (χ0v) is 12.7. The fourth-order valence-electron chi connectivity index (χ4n) is 2.88. The normalized spacial score (nSPS) is 20.9. The van der Waals surface area contributed by atoms with Gasteiger partial charge in [-0.05, 0) is 62.7 Å². The number of carbonyl (C=O) groups is 1. The van der Waals surface area contributed by atoms with Crippen LogP contribution in [-0.4, -0.2) is 25.5 Å². The second kappa shape index (κ2) is 6.73. The number of amides is 1. The van der Waals surface area contributed by atoms with Crippen molar-refractivity contribution >= 4 is 29.7 Å². The number of hydrogen-bond donors (Lipinski definition) is 2. The van der Waals surface area contributed by atoms with E-state index >= 15 is 0 Å². The van der Waals surface area contributed by atoms with Crippen LogP contribution in [0.5, 0.6) is 0 Å². The molecule has 1 fully saturated rings. The highest BCUT2D eigenvalue weighted by Gasteiger charge is 2.19. The molecule has 1 saturated heterocycles. The summed E-state index contributed by atoms with van der Waals surface area (Å²) >= 11 is 1.69. The topological polar surface area (TPSA) is 41.1 Å². The number of hydrogen-bond acceptors (Lipinski definition) is 3. The number of nitrogens with one attached hydrogen (secondary N) is 2. The van der Waals surface area contributed by atoms with E-state index in [0.29, 0.717) is 0 Å². The van der Waals surface area contributed by atoms with Gasteiger partial charge in [0.25, 0.3) is 5.91 Å². The van der Waals surface area contributed by atoms with Crippen LogP contribution in [-0.2, 0) is 12.8 Å². The first-order valence-corrected chi connectivity index (χ1v) is 7.75. The van der Waals surface area contributed by atoms with Gasteiger partial charge in [-0.3, -0.25) is 4.79 Å². The fraction of sp³-hybridized carbons (Fsp3) is 0.643. The summed E-state index contributed by atoms with van der Waals surface area (Å²) in [4.78, 5) is 14.3. The van der Waals surface area contributed by atoms with Crippen LogP contribution in [0.1, 0.15) is 39.4 Å². The molecule has 3 nitrogen and oxygen atoms in total. The highest BCUT2D eigenvalue weighted by molar-refractivity contribution is 7.14. The zero-order valence-electron chi connectivity index (χ0n) is 11.0. The van der Waals surface area contributed by atoms with E-state index in [4.69, 9.17) is 0 Å². The molecular formula is C14H21ClN2OS. The van der Waals surface area contributed by atoms with Crippen molar-refractivity contribution in [2.24, 2.45) is 5.92 Å². The maximum atomic E-state index is 12.0. The molecular weight excluding hydrogens is 280 g/mol. The predicted octanol–water partition coefficient (Wildman–Crippen LogP) is 2.39. The average molecular weight is 301 g/mol. The van der Waals surface area contributed by atoms with Gasteiger partial charge < -0.3 is 10.6 Å². The Morgan fingerprint density at radius 3 is 3.11 bits per heavy atom. The molecule has 2 heterocycles. The quantitative estimate of drug-likeness (QED) is 0.896. The van der Waals surface area contributed by atoms with E-state index in [-0.39, 0.29) is 18.3 Å². The smallest absolute Gasteiger partial charge is 0.261 e. The molecule has 2 aliphatic rings. The van der Waals surface area contributed by atoms with Crippen LogP contribution < -0.4 is 10.6 Å². The van der Waals surface area contributed by atoms with Crippen LogP contribution >= 0.6 is 23.7 Å². The van der Waals surface area contributed by atoms with Crippen LogP contribution in [0.2, 0.25) is 0 Å². The molecule has 1 unspecified atom stereocenters. The molecule has 0 spiro atoms. The maximum Gasteiger partial charge on any atom is 0.261 e. The van der Waals surface area contributed by atoms with Gasteiger partial charge in [0.15, 0.2) is 0 Å². The Bertz CT molecular complexity index is 419. The summed E-state index contributed by atoms with van der Waals surface area (Å²) < 4.78 is 0. The lowest BCUT2D eigenvalue weighted by Gasteiger charge is -2.08. The summed E-state index contributed by atoms with van der Waals surface area (Å²) in [6, 6.07) is 2.10. The standard InChI is InChI=1S/C14H20N2OS.ClH/c17-14(16-7-5-10-4-6-15-9-10)13-8-11-2-1-3-12(11)18-13;/h8,10,15H,1-7,9H2,(H,16,17);1H. The minimum Gasteiger partial charge on any atom is -0.351 e. The van der Waals surface area contributed by atoms with Gasteiger partial charge in [-0.1, -0.05) is 0 Å². The Hall–Kier alpha value is -0.580. The van der Waals surface area contributed by atoms with Crippen molar-refractivity contribution in [3.05, 3.63) is 21.4 Å². The van der Waals surface area contributed by atoms with Gasteiger partial charge in [0.2, 0.25) is 0 Å². The van der Waals surface area contributed by atoms with E-state index in [9.17, 15) is 4.79 Å². The van der Waals surface area contributed by atoms with E-state index < -0.39 is 0 Å². The van der Waals surface area contributed by atoms with Gasteiger partial charge in [0.05, 0.1) is 4.88 Å². The molecule has 2 N–H and O–H groups in total. The largest absolute Gasteiger partial charge is 0.351 e. The first-order valence-electron chi connectivity index (χ1n) is 6.93. The Kier molecular flexibility index (Phi) is 5.25. The minimum atomic E-state index is 0. The minimum absolute atomic E-state index is 0. The van der Waals surface area contributed by atoms with Crippen molar-refractivity contribution in [3.8, 4) is 0 Å². The number of aryl methyl sites for hydroxylation is 2.